The summed E-state index contributed by atoms with van der Waals surface area (Å²) in [6.07, 6.45) is 8.32. The number of aromatic nitrogens is 3. The zero-order valence-corrected chi connectivity index (χ0v) is 15.7. The number of ether oxygens (including phenoxy) is 2. The second-order valence-corrected chi connectivity index (χ2v) is 7.12. The van der Waals surface area contributed by atoms with E-state index in [4.69, 9.17) is 9.47 Å². The lowest BCUT2D eigenvalue weighted by molar-refractivity contribution is 0.0674. The molecule has 0 aliphatic carbocycles. The zero-order chi connectivity index (χ0) is 18.3. The third-order valence-electron chi connectivity index (χ3n) is 4.99. The first-order valence-corrected chi connectivity index (χ1v) is 9.74. The Morgan fingerprint density at radius 3 is 2.59 bits per heavy atom. The zero-order valence-electron chi connectivity index (χ0n) is 15.7. The van der Waals surface area contributed by atoms with Crippen LogP contribution in [0.25, 0.3) is 0 Å². The monoisotopic (exact) mass is 369 g/mol. The molecule has 4 rings (SSSR count). The first-order valence-electron chi connectivity index (χ1n) is 9.74. The largest absolute Gasteiger partial charge is 0.378 e. The van der Waals surface area contributed by atoms with Crippen LogP contribution in [-0.2, 0) is 22.6 Å². The van der Waals surface area contributed by atoms with Crippen molar-refractivity contribution in [3.8, 4) is 0 Å². The fourth-order valence-electron chi connectivity index (χ4n) is 3.60. The Bertz CT molecular complexity index is 685. The molecule has 2 saturated heterocycles. The molecule has 27 heavy (non-hydrogen) atoms. The highest BCUT2D eigenvalue weighted by atomic mass is 16.5. The van der Waals surface area contributed by atoms with Crippen molar-refractivity contribution in [1.82, 2.24) is 19.9 Å². The Hall–Kier alpha value is -2.09. The van der Waals surface area contributed by atoms with Gasteiger partial charge in [0.25, 0.3) is 0 Å². The molecular formula is C20H27N5O2. The van der Waals surface area contributed by atoms with Crippen LogP contribution in [-0.4, -0.2) is 65.4 Å². The summed E-state index contributed by atoms with van der Waals surface area (Å²) in [7, 11) is 0. The maximum absolute atomic E-state index is 5.85. The van der Waals surface area contributed by atoms with Crippen LogP contribution >= 0.6 is 0 Å². The third-order valence-corrected chi connectivity index (χ3v) is 4.99. The highest BCUT2D eigenvalue weighted by Crippen LogP contribution is 2.17. The van der Waals surface area contributed by atoms with E-state index in [1.54, 1.807) is 0 Å². The minimum Gasteiger partial charge on any atom is -0.378 e. The van der Waals surface area contributed by atoms with Crippen molar-refractivity contribution in [3.05, 3.63) is 48.0 Å². The van der Waals surface area contributed by atoms with Crippen molar-refractivity contribution in [3.63, 3.8) is 0 Å². The molecule has 2 aromatic rings. The van der Waals surface area contributed by atoms with Gasteiger partial charge in [-0.1, -0.05) is 6.07 Å². The summed E-state index contributed by atoms with van der Waals surface area (Å²) in [4.78, 5) is 18.2. The third kappa shape index (κ3) is 5.22. The fourth-order valence-corrected chi connectivity index (χ4v) is 3.60. The van der Waals surface area contributed by atoms with Gasteiger partial charge in [0.05, 0.1) is 25.0 Å². The van der Waals surface area contributed by atoms with Crippen molar-refractivity contribution in [2.24, 2.45) is 0 Å². The molecule has 2 fully saturated rings. The first kappa shape index (κ1) is 18.3. The summed E-state index contributed by atoms with van der Waals surface area (Å²) >= 11 is 0. The van der Waals surface area contributed by atoms with Crippen LogP contribution in [0.2, 0.25) is 0 Å². The lowest BCUT2D eigenvalue weighted by Gasteiger charge is -2.27. The smallest absolute Gasteiger partial charge is 0.225 e. The lowest BCUT2D eigenvalue weighted by atomic mass is 10.2. The summed E-state index contributed by atoms with van der Waals surface area (Å²) in [5, 5.41) is 0. The fraction of sp³-hybridized carbons (Fsp3) is 0.550. The summed E-state index contributed by atoms with van der Waals surface area (Å²) in [6, 6.07) is 6.06. The molecule has 0 radical (unpaired) electrons. The second-order valence-electron chi connectivity index (χ2n) is 7.12. The van der Waals surface area contributed by atoms with Gasteiger partial charge < -0.3 is 14.4 Å². The molecule has 0 spiro atoms. The molecule has 1 unspecified atom stereocenters. The van der Waals surface area contributed by atoms with Gasteiger partial charge in [-0.05, 0) is 25.0 Å². The Balaban J connectivity index is 1.41. The predicted molar refractivity (Wildman–Crippen MR) is 102 cm³/mol. The van der Waals surface area contributed by atoms with Crippen molar-refractivity contribution in [2.75, 3.05) is 44.4 Å². The Labute approximate surface area is 160 Å². The maximum atomic E-state index is 5.85. The number of pyridine rings is 1. The molecule has 0 N–H and O–H groups in total. The molecule has 2 aromatic heterocycles. The summed E-state index contributed by atoms with van der Waals surface area (Å²) in [5.74, 6) is 0.789. The molecule has 144 valence electrons. The standard InChI is InChI=1S/C20H27N5O2/c1-2-6-21-18(4-1)15-24(16-19-5-3-9-27-19)14-17-12-22-20(23-13-17)25-7-10-26-11-8-25/h1-2,4,6,12-13,19H,3,5,7-11,14-16H2. The van der Waals surface area contributed by atoms with Gasteiger partial charge >= 0.3 is 0 Å². The molecular weight excluding hydrogens is 342 g/mol. The average Bonchev–Trinajstić information content (AvgIpc) is 3.23. The summed E-state index contributed by atoms with van der Waals surface area (Å²) in [6.45, 7) is 6.55. The first-order chi connectivity index (χ1) is 13.4. The van der Waals surface area contributed by atoms with Gasteiger partial charge in [0.2, 0.25) is 5.95 Å². The van der Waals surface area contributed by atoms with Gasteiger partial charge in [0.15, 0.2) is 0 Å². The number of rotatable bonds is 7. The van der Waals surface area contributed by atoms with Crippen LogP contribution in [0.4, 0.5) is 5.95 Å². The maximum Gasteiger partial charge on any atom is 0.225 e. The van der Waals surface area contributed by atoms with E-state index in [0.29, 0.717) is 6.10 Å². The van der Waals surface area contributed by atoms with Crippen LogP contribution in [0.15, 0.2) is 36.8 Å². The van der Waals surface area contributed by atoms with Crippen LogP contribution in [0.3, 0.4) is 0 Å². The molecule has 2 aliphatic rings. The van der Waals surface area contributed by atoms with E-state index in [1.807, 2.05) is 30.7 Å². The summed E-state index contributed by atoms with van der Waals surface area (Å²) in [5.41, 5.74) is 2.18. The van der Waals surface area contributed by atoms with Gasteiger partial charge in [-0.25, -0.2) is 9.97 Å². The van der Waals surface area contributed by atoms with Crippen LogP contribution in [0, 0.1) is 0 Å². The van der Waals surface area contributed by atoms with E-state index >= 15 is 0 Å². The molecule has 7 nitrogen and oxygen atoms in total. The van der Waals surface area contributed by atoms with Gasteiger partial charge in [-0.15, -0.1) is 0 Å². The molecule has 7 heteroatoms. The normalized spacial score (nSPS) is 20.3. The van der Waals surface area contributed by atoms with E-state index in [9.17, 15) is 0 Å². The number of anilines is 1. The van der Waals surface area contributed by atoms with E-state index in [0.717, 1.165) is 82.6 Å². The van der Waals surface area contributed by atoms with Gasteiger partial charge in [-0.2, -0.15) is 0 Å². The molecule has 1 atom stereocenters. The SMILES string of the molecule is c1ccc(CN(Cc2cnc(N3CCOCC3)nc2)CC2CCCO2)nc1. The average molecular weight is 369 g/mol. The predicted octanol–water partition coefficient (Wildman–Crippen LogP) is 1.89. The Kier molecular flexibility index (Phi) is 6.24. The lowest BCUT2D eigenvalue weighted by Crippen LogP contribution is -2.37. The van der Waals surface area contributed by atoms with Gasteiger partial charge in [0, 0.05) is 63.5 Å². The van der Waals surface area contributed by atoms with E-state index in [-0.39, 0.29) is 0 Å². The molecule has 4 heterocycles. The Morgan fingerprint density at radius 1 is 1.04 bits per heavy atom. The van der Waals surface area contributed by atoms with Gasteiger partial charge in [-0.3, -0.25) is 9.88 Å². The minimum atomic E-state index is 0.308. The number of hydrogen-bond acceptors (Lipinski definition) is 7. The molecule has 0 aromatic carbocycles. The number of hydrogen-bond donors (Lipinski definition) is 0. The Morgan fingerprint density at radius 2 is 1.89 bits per heavy atom. The van der Waals surface area contributed by atoms with E-state index in [1.165, 1.54) is 0 Å². The highest BCUT2D eigenvalue weighted by Gasteiger charge is 2.20. The molecule has 2 aliphatic heterocycles. The number of morpholine rings is 1. The van der Waals surface area contributed by atoms with Gasteiger partial charge in [0.1, 0.15) is 0 Å². The van der Waals surface area contributed by atoms with E-state index < -0.39 is 0 Å². The topological polar surface area (TPSA) is 63.6 Å². The second kappa shape index (κ2) is 9.21. The van der Waals surface area contributed by atoms with Crippen molar-refractivity contribution in [2.45, 2.75) is 32.0 Å². The molecule has 0 amide bonds. The van der Waals surface area contributed by atoms with Crippen LogP contribution < -0.4 is 4.90 Å². The summed E-state index contributed by atoms with van der Waals surface area (Å²) < 4.78 is 11.2. The van der Waals surface area contributed by atoms with Crippen molar-refractivity contribution in [1.29, 1.82) is 0 Å². The van der Waals surface area contributed by atoms with Crippen molar-refractivity contribution < 1.29 is 9.47 Å². The molecule has 0 bridgehead atoms. The van der Waals surface area contributed by atoms with Crippen molar-refractivity contribution >= 4 is 5.95 Å². The van der Waals surface area contributed by atoms with Crippen LogP contribution in [0.1, 0.15) is 24.1 Å². The minimum absolute atomic E-state index is 0.308. The number of nitrogens with zero attached hydrogens (tertiary/aromatic N) is 5. The highest BCUT2D eigenvalue weighted by molar-refractivity contribution is 5.30. The molecule has 0 saturated carbocycles. The quantitative estimate of drug-likeness (QED) is 0.738. The van der Waals surface area contributed by atoms with E-state index in [2.05, 4.69) is 30.8 Å². The van der Waals surface area contributed by atoms with Crippen LogP contribution in [0.5, 0.6) is 0 Å².